The van der Waals surface area contributed by atoms with Gasteiger partial charge >= 0.3 is 0 Å². The molecule has 1 aromatic carbocycles. The lowest BCUT2D eigenvalue weighted by Crippen LogP contribution is -2.28. The number of hydrogen-bond donors (Lipinski definition) is 0. The van der Waals surface area contributed by atoms with Crippen molar-refractivity contribution >= 4 is 23.2 Å². The fourth-order valence-electron chi connectivity index (χ4n) is 1.77. The number of hydrogen-bond acceptors (Lipinski definition) is 3. The number of nitrogens with zero attached hydrogens (tertiary/aromatic N) is 2. The molecule has 1 aliphatic rings. The third-order valence-corrected chi connectivity index (χ3v) is 2.66. The van der Waals surface area contributed by atoms with Crippen LogP contribution in [0.4, 0.5) is 11.4 Å². The van der Waals surface area contributed by atoms with Gasteiger partial charge in [0.1, 0.15) is 0 Å². The van der Waals surface area contributed by atoms with Crippen molar-refractivity contribution in [1.82, 2.24) is 0 Å². The molecule has 16 heavy (non-hydrogen) atoms. The Morgan fingerprint density at radius 2 is 1.75 bits per heavy atom. The molecule has 1 aromatic rings. The molecule has 1 fully saturated rings. The molecular weight excluding hydrogens is 204 g/mol. The summed E-state index contributed by atoms with van der Waals surface area (Å²) in [6.45, 7) is 0. The molecule has 1 aliphatic heterocycles. The second kappa shape index (κ2) is 3.96. The number of carbonyl (C=O) groups is 2. The zero-order chi connectivity index (χ0) is 11.7. The van der Waals surface area contributed by atoms with Gasteiger partial charge < -0.3 is 4.90 Å². The molecule has 2 rings (SSSR count). The van der Waals surface area contributed by atoms with E-state index in [0.717, 1.165) is 5.69 Å². The van der Waals surface area contributed by atoms with E-state index in [4.69, 9.17) is 0 Å². The van der Waals surface area contributed by atoms with Crippen molar-refractivity contribution in [3.05, 3.63) is 24.3 Å². The van der Waals surface area contributed by atoms with Gasteiger partial charge in [-0.1, -0.05) is 6.07 Å². The van der Waals surface area contributed by atoms with Crippen molar-refractivity contribution in [2.45, 2.75) is 12.8 Å². The van der Waals surface area contributed by atoms with Crippen LogP contribution in [0.3, 0.4) is 0 Å². The van der Waals surface area contributed by atoms with E-state index in [9.17, 15) is 9.59 Å². The van der Waals surface area contributed by atoms with Gasteiger partial charge in [-0.15, -0.1) is 0 Å². The molecule has 4 nitrogen and oxygen atoms in total. The Hall–Kier alpha value is -1.84. The molecule has 1 saturated heterocycles. The maximum atomic E-state index is 11.6. The predicted molar refractivity (Wildman–Crippen MR) is 62.5 cm³/mol. The Bertz CT molecular complexity index is 424. The molecular formula is C12H14N2O2. The van der Waals surface area contributed by atoms with E-state index in [2.05, 4.69) is 0 Å². The first-order chi connectivity index (χ1) is 7.59. The van der Waals surface area contributed by atoms with E-state index < -0.39 is 0 Å². The normalized spacial score (nSPS) is 15.8. The van der Waals surface area contributed by atoms with Gasteiger partial charge in [0.15, 0.2) is 0 Å². The monoisotopic (exact) mass is 218 g/mol. The first-order valence-electron chi connectivity index (χ1n) is 5.23. The Morgan fingerprint density at radius 3 is 2.31 bits per heavy atom. The number of benzene rings is 1. The maximum Gasteiger partial charge on any atom is 0.234 e. The van der Waals surface area contributed by atoms with Gasteiger partial charge in [-0.25, -0.2) is 0 Å². The Kier molecular flexibility index (Phi) is 2.64. The third kappa shape index (κ3) is 1.78. The summed E-state index contributed by atoms with van der Waals surface area (Å²) in [5.74, 6) is -0.221. The van der Waals surface area contributed by atoms with Gasteiger partial charge in [-0.05, 0) is 18.2 Å². The van der Waals surface area contributed by atoms with E-state index in [1.165, 1.54) is 4.90 Å². The van der Waals surface area contributed by atoms with Crippen LogP contribution in [0.2, 0.25) is 0 Å². The topological polar surface area (TPSA) is 40.6 Å². The van der Waals surface area contributed by atoms with Crippen LogP contribution in [0.5, 0.6) is 0 Å². The third-order valence-electron chi connectivity index (χ3n) is 2.66. The van der Waals surface area contributed by atoms with Crippen LogP contribution in [-0.2, 0) is 9.59 Å². The van der Waals surface area contributed by atoms with Crippen LogP contribution in [0.1, 0.15) is 12.8 Å². The van der Waals surface area contributed by atoms with Crippen LogP contribution in [-0.4, -0.2) is 25.9 Å². The molecule has 0 spiro atoms. The fourth-order valence-corrected chi connectivity index (χ4v) is 1.77. The highest BCUT2D eigenvalue weighted by atomic mass is 16.2. The van der Waals surface area contributed by atoms with Crippen molar-refractivity contribution in [2.24, 2.45) is 0 Å². The Morgan fingerprint density at radius 1 is 1.12 bits per heavy atom. The summed E-state index contributed by atoms with van der Waals surface area (Å²) in [6, 6.07) is 7.42. The average molecular weight is 218 g/mol. The lowest BCUT2D eigenvalue weighted by Gasteiger charge is -2.18. The summed E-state index contributed by atoms with van der Waals surface area (Å²) in [5, 5.41) is 0. The van der Waals surface area contributed by atoms with Crippen molar-refractivity contribution in [2.75, 3.05) is 23.9 Å². The first kappa shape index (κ1) is 10.7. The average Bonchev–Trinajstić information content (AvgIpc) is 2.59. The molecule has 1 heterocycles. The molecule has 2 amide bonds. The van der Waals surface area contributed by atoms with Crippen LogP contribution < -0.4 is 9.80 Å². The summed E-state index contributed by atoms with van der Waals surface area (Å²) >= 11 is 0. The van der Waals surface area contributed by atoms with Crippen molar-refractivity contribution in [1.29, 1.82) is 0 Å². The van der Waals surface area contributed by atoms with Gasteiger partial charge in [0, 0.05) is 32.6 Å². The lowest BCUT2D eigenvalue weighted by atomic mass is 10.2. The van der Waals surface area contributed by atoms with Gasteiger partial charge in [0.25, 0.3) is 0 Å². The van der Waals surface area contributed by atoms with E-state index in [1.807, 2.05) is 37.2 Å². The number of imide groups is 1. The minimum Gasteiger partial charge on any atom is -0.378 e. The molecule has 0 aromatic heterocycles. The Labute approximate surface area is 94.5 Å². The van der Waals surface area contributed by atoms with E-state index in [0.29, 0.717) is 18.5 Å². The molecule has 84 valence electrons. The van der Waals surface area contributed by atoms with E-state index in [1.54, 1.807) is 6.07 Å². The summed E-state index contributed by atoms with van der Waals surface area (Å²) in [7, 11) is 3.85. The highest BCUT2D eigenvalue weighted by Gasteiger charge is 2.30. The SMILES string of the molecule is CN(C)c1cccc(N2C(=O)CCC2=O)c1. The minimum absolute atomic E-state index is 0.110. The lowest BCUT2D eigenvalue weighted by molar-refractivity contribution is -0.121. The van der Waals surface area contributed by atoms with Gasteiger partial charge in [-0.3, -0.25) is 14.5 Å². The number of anilines is 2. The number of carbonyl (C=O) groups excluding carboxylic acids is 2. The van der Waals surface area contributed by atoms with Crippen molar-refractivity contribution in [3.8, 4) is 0 Å². The largest absolute Gasteiger partial charge is 0.378 e. The van der Waals surface area contributed by atoms with Gasteiger partial charge in [-0.2, -0.15) is 0 Å². The molecule has 0 atom stereocenters. The van der Waals surface area contributed by atoms with E-state index in [-0.39, 0.29) is 11.8 Å². The summed E-state index contributed by atoms with van der Waals surface area (Å²) in [5.41, 5.74) is 1.64. The van der Waals surface area contributed by atoms with Crippen molar-refractivity contribution < 1.29 is 9.59 Å². The fraction of sp³-hybridized carbons (Fsp3) is 0.333. The minimum atomic E-state index is -0.110. The zero-order valence-corrected chi connectivity index (χ0v) is 9.43. The first-order valence-corrected chi connectivity index (χ1v) is 5.23. The van der Waals surface area contributed by atoms with Crippen LogP contribution >= 0.6 is 0 Å². The number of amides is 2. The molecule has 0 N–H and O–H groups in total. The van der Waals surface area contributed by atoms with Crippen LogP contribution in [0.15, 0.2) is 24.3 Å². The molecule has 4 heteroatoms. The van der Waals surface area contributed by atoms with Gasteiger partial charge in [0.05, 0.1) is 5.69 Å². The molecule has 0 bridgehead atoms. The summed E-state index contributed by atoms with van der Waals surface area (Å²) in [4.78, 5) is 26.3. The molecule has 0 unspecified atom stereocenters. The maximum absolute atomic E-state index is 11.6. The molecule has 0 radical (unpaired) electrons. The smallest absolute Gasteiger partial charge is 0.234 e. The van der Waals surface area contributed by atoms with Gasteiger partial charge in [0.2, 0.25) is 11.8 Å². The standard InChI is InChI=1S/C12H14N2O2/c1-13(2)9-4-3-5-10(8-9)14-11(15)6-7-12(14)16/h3-5,8H,6-7H2,1-2H3. The second-order valence-corrected chi connectivity index (χ2v) is 4.04. The Balaban J connectivity index is 2.36. The zero-order valence-electron chi connectivity index (χ0n) is 9.43. The second-order valence-electron chi connectivity index (χ2n) is 4.04. The van der Waals surface area contributed by atoms with E-state index >= 15 is 0 Å². The van der Waals surface area contributed by atoms with Crippen LogP contribution in [0.25, 0.3) is 0 Å². The summed E-state index contributed by atoms with van der Waals surface area (Å²) in [6.07, 6.45) is 0.649. The predicted octanol–water partition coefficient (Wildman–Crippen LogP) is 1.41. The molecule has 0 aliphatic carbocycles. The quantitative estimate of drug-likeness (QED) is 0.705. The number of rotatable bonds is 2. The highest BCUT2D eigenvalue weighted by Crippen LogP contribution is 2.25. The summed E-state index contributed by atoms with van der Waals surface area (Å²) < 4.78 is 0. The van der Waals surface area contributed by atoms with Crippen molar-refractivity contribution in [3.63, 3.8) is 0 Å². The molecule has 0 saturated carbocycles. The highest BCUT2D eigenvalue weighted by molar-refractivity contribution is 6.19. The van der Waals surface area contributed by atoms with Crippen LogP contribution in [0, 0.1) is 0 Å².